The van der Waals surface area contributed by atoms with Crippen LogP contribution in [0.5, 0.6) is 0 Å². The Balaban J connectivity index is 2.37. The highest BCUT2D eigenvalue weighted by Gasteiger charge is 2.05. The predicted molar refractivity (Wildman–Crippen MR) is 66.4 cm³/mol. The molecule has 3 nitrogen and oxygen atoms in total. The van der Waals surface area contributed by atoms with Crippen molar-refractivity contribution in [1.82, 2.24) is 5.32 Å². The zero-order valence-corrected chi connectivity index (χ0v) is 10.2. The molecule has 0 saturated heterocycles. The number of carbonyl (C=O) groups is 1. The lowest BCUT2D eigenvalue weighted by molar-refractivity contribution is 0.252. The number of hydrogen-bond donors (Lipinski definition) is 2. The van der Waals surface area contributed by atoms with Gasteiger partial charge in [0, 0.05) is 18.3 Å². The van der Waals surface area contributed by atoms with E-state index >= 15 is 0 Å². The van der Waals surface area contributed by atoms with Crippen LogP contribution in [0.1, 0.15) is 6.42 Å². The maximum Gasteiger partial charge on any atom is 0.319 e. The van der Waals surface area contributed by atoms with Crippen LogP contribution in [0.2, 0.25) is 0 Å². The summed E-state index contributed by atoms with van der Waals surface area (Å²) in [6, 6.07) is 2.80. The van der Waals surface area contributed by atoms with Gasteiger partial charge in [0.15, 0.2) is 11.6 Å². The lowest BCUT2D eigenvalue weighted by Crippen LogP contribution is -2.29. The first-order valence-corrected chi connectivity index (χ1v) is 6.51. The molecule has 1 aromatic carbocycles. The van der Waals surface area contributed by atoms with Crippen LogP contribution in [0, 0.1) is 11.6 Å². The van der Waals surface area contributed by atoms with Gasteiger partial charge in [0.05, 0.1) is 0 Å². The molecule has 2 N–H and O–H groups in total. The number of amides is 2. The van der Waals surface area contributed by atoms with E-state index in [1.807, 2.05) is 6.26 Å². The highest BCUT2D eigenvalue weighted by molar-refractivity contribution is 7.98. The van der Waals surface area contributed by atoms with Gasteiger partial charge in [-0.3, -0.25) is 0 Å². The van der Waals surface area contributed by atoms with Crippen molar-refractivity contribution in [2.75, 3.05) is 23.9 Å². The molecule has 0 spiro atoms. The van der Waals surface area contributed by atoms with Crippen molar-refractivity contribution >= 4 is 23.5 Å². The van der Waals surface area contributed by atoms with Crippen molar-refractivity contribution in [2.45, 2.75) is 6.42 Å². The van der Waals surface area contributed by atoms with Crippen molar-refractivity contribution in [1.29, 1.82) is 0 Å². The minimum atomic E-state index is -0.981. The maximum absolute atomic E-state index is 12.8. The number of urea groups is 1. The molecule has 0 aliphatic carbocycles. The number of hydrogen-bond acceptors (Lipinski definition) is 2. The van der Waals surface area contributed by atoms with Crippen LogP contribution in [0.4, 0.5) is 19.3 Å². The van der Waals surface area contributed by atoms with Gasteiger partial charge < -0.3 is 10.6 Å². The smallest absolute Gasteiger partial charge is 0.319 e. The van der Waals surface area contributed by atoms with Gasteiger partial charge >= 0.3 is 6.03 Å². The van der Waals surface area contributed by atoms with E-state index in [4.69, 9.17) is 0 Å². The second-order valence-electron chi connectivity index (χ2n) is 3.36. The number of rotatable bonds is 5. The monoisotopic (exact) mass is 260 g/mol. The third kappa shape index (κ3) is 5.04. The van der Waals surface area contributed by atoms with Gasteiger partial charge in [-0.05, 0) is 30.6 Å². The minimum Gasteiger partial charge on any atom is -0.338 e. The lowest BCUT2D eigenvalue weighted by atomic mass is 10.3. The Labute approximate surface area is 103 Å². The van der Waals surface area contributed by atoms with E-state index in [2.05, 4.69) is 10.6 Å². The quantitative estimate of drug-likeness (QED) is 0.799. The molecule has 6 heteroatoms. The van der Waals surface area contributed by atoms with Crippen LogP contribution in [0.3, 0.4) is 0 Å². The number of nitrogens with one attached hydrogen (secondary N) is 2. The summed E-state index contributed by atoms with van der Waals surface area (Å²) in [6.45, 7) is 0.552. The number of thioether (sulfide) groups is 1. The first-order valence-electron chi connectivity index (χ1n) is 5.12. The van der Waals surface area contributed by atoms with Crippen LogP contribution in [0.25, 0.3) is 0 Å². The first-order chi connectivity index (χ1) is 8.13. The Kier molecular flexibility index (Phi) is 5.76. The van der Waals surface area contributed by atoms with E-state index in [-0.39, 0.29) is 5.69 Å². The van der Waals surface area contributed by atoms with Crippen molar-refractivity contribution in [3.8, 4) is 0 Å². The molecule has 0 radical (unpaired) electrons. The standard InChI is InChI=1S/C11H14F2N2OS/c1-17-6-2-5-14-11(16)15-8-3-4-9(12)10(13)7-8/h3-4,7H,2,5-6H2,1H3,(H2,14,15,16). The van der Waals surface area contributed by atoms with Crippen LogP contribution in [0.15, 0.2) is 18.2 Å². The Morgan fingerprint density at radius 3 is 2.76 bits per heavy atom. The molecule has 2 amide bonds. The molecule has 17 heavy (non-hydrogen) atoms. The fourth-order valence-electron chi connectivity index (χ4n) is 1.17. The van der Waals surface area contributed by atoms with E-state index in [0.29, 0.717) is 6.54 Å². The van der Waals surface area contributed by atoms with Crippen LogP contribution < -0.4 is 10.6 Å². The zero-order chi connectivity index (χ0) is 12.7. The largest absolute Gasteiger partial charge is 0.338 e. The molecule has 0 bridgehead atoms. The molecule has 0 aliphatic heterocycles. The number of carbonyl (C=O) groups excluding carboxylic acids is 1. The van der Waals surface area contributed by atoms with Gasteiger partial charge in [-0.15, -0.1) is 0 Å². The summed E-state index contributed by atoms with van der Waals surface area (Å²) >= 11 is 1.70. The highest BCUT2D eigenvalue weighted by Crippen LogP contribution is 2.12. The molecule has 0 heterocycles. The SMILES string of the molecule is CSCCCNC(=O)Nc1ccc(F)c(F)c1. The maximum atomic E-state index is 12.8. The van der Waals surface area contributed by atoms with Gasteiger partial charge in [0.25, 0.3) is 0 Å². The van der Waals surface area contributed by atoms with Crippen LogP contribution in [-0.2, 0) is 0 Å². The Bertz CT molecular complexity index is 388. The van der Waals surface area contributed by atoms with Gasteiger partial charge in [-0.2, -0.15) is 11.8 Å². The molecule has 1 rings (SSSR count). The van der Waals surface area contributed by atoms with Gasteiger partial charge in [-0.25, -0.2) is 13.6 Å². The molecule has 0 atom stereocenters. The third-order valence-electron chi connectivity index (χ3n) is 1.99. The molecular formula is C11H14F2N2OS. The van der Waals surface area contributed by atoms with Crippen molar-refractivity contribution in [3.63, 3.8) is 0 Å². The Morgan fingerprint density at radius 2 is 2.12 bits per heavy atom. The Hall–Kier alpha value is -1.30. The lowest BCUT2D eigenvalue weighted by Gasteiger charge is -2.07. The molecule has 0 aromatic heterocycles. The van der Waals surface area contributed by atoms with E-state index in [9.17, 15) is 13.6 Å². The summed E-state index contributed by atoms with van der Waals surface area (Å²) in [5.74, 6) is -0.952. The van der Waals surface area contributed by atoms with Gasteiger partial charge in [-0.1, -0.05) is 0 Å². The van der Waals surface area contributed by atoms with Gasteiger partial charge in [0.2, 0.25) is 0 Å². The molecule has 0 unspecified atom stereocenters. The summed E-state index contributed by atoms with van der Waals surface area (Å²) in [6.07, 6.45) is 2.85. The molecule has 0 aliphatic rings. The number of anilines is 1. The second kappa shape index (κ2) is 7.11. The minimum absolute atomic E-state index is 0.228. The average molecular weight is 260 g/mol. The fraction of sp³-hybridized carbons (Fsp3) is 0.364. The zero-order valence-electron chi connectivity index (χ0n) is 9.43. The summed E-state index contributed by atoms with van der Waals surface area (Å²) < 4.78 is 25.5. The number of halogens is 2. The van der Waals surface area contributed by atoms with Crippen molar-refractivity contribution in [3.05, 3.63) is 29.8 Å². The highest BCUT2D eigenvalue weighted by atomic mass is 32.2. The van der Waals surface area contributed by atoms with E-state index in [1.165, 1.54) is 6.07 Å². The fourth-order valence-corrected chi connectivity index (χ4v) is 1.60. The summed E-state index contributed by atoms with van der Waals surface area (Å²) in [7, 11) is 0. The third-order valence-corrected chi connectivity index (χ3v) is 2.69. The summed E-state index contributed by atoms with van der Waals surface area (Å²) in [5, 5.41) is 5.04. The van der Waals surface area contributed by atoms with E-state index in [0.717, 1.165) is 24.3 Å². The van der Waals surface area contributed by atoms with Gasteiger partial charge in [0.1, 0.15) is 0 Å². The van der Waals surface area contributed by atoms with Crippen LogP contribution in [-0.4, -0.2) is 24.6 Å². The van der Waals surface area contributed by atoms with Crippen LogP contribution >= 0.6 is 11.8 Å². The molecule has 94 valence electrons. The second-order valence-corrected chi connectivity index (χ2v) is 4.34. The topological polar surface area (TPSA) is 41.1 Å². The Morgan fingerprint density at radius 1 is 1.35 bits per heavy atom. The normalized spacial score (nSPS) is 10.1. The number of benzene rings is 1. The molecular weight excluding hydrogens is 246 g/mol. The van der Waals surface area contributed by atoms with Crippen molar-refractivity contribution in [2.24, 2.45) is 0 Å². The molecule has 0 fully saturated rings. The van der Waals surface area contributed by atoms with E-state index < -0.39 is 17.7 Å². The molecule has 1 aromatic rings. The first kappa shape index (κ1) is 13.8. The van der Waals surface area contributed by atoms with E-state index in [1.54, 1.807) is 11.8 Å². The predicted octanol–water partition coefficient (Wildman–Crippen LogP) is 2.84. The molecule has 0 saturated carbocycles. The average Bonchev–Trinajstić information content (AvgIpc) is 2.30. The summed E-state index contributed by atoms with van der Waals surface area (Å²) in [5.41, 5.74) is 0.228. The summed E-state index contributed by atoms with van der Waals surface area (Å²) in [4.78, 5) is 11.3. The van der Waals surface area contributed by atoms with Crippen molar-refractivity contribution < 1.29 is 13.6 Å².